The molecule has 3 rings (SSSR count). The third kappa shape index (κ3) is 4.21. The summed E-state index contributed by atoms with van der Waals surface area (Å²) >= 11 is 1.37. The highest BCUT2D eigenvalue weighted by molar-refractivity contribution is 7.12. The van der Waals surface area contributed by atoms with E-state index in [2.05, 4.69) is 17.6 Å². The van der Waals surface area contributed by atoms with Crippen molar-refractivity contribution in [3.63, 3.8) is 0 Å². The van der Waals surface area contributed by atoms with Crippen LogP contribution >= 0.6 is 11.3 Å². The SMILES string of the molecule is CCCn1ccc(NC(=O)c2cccs2)c1C(=O)NCc1ccccc1. The Bertz CT molecular complexity index is 870. The number of nitrogens with zero attached hydrogens (tertiary/aromatic N) is 1. The molecular formula is C20H21N3O2S. The fourth-order valence-electron chi connectivity index (χ4n) is 2.71. The fourth-order valence-corrected chi connectivity index (χ4v) is 3.33. The summed E-state index contributed by atoms with van der Waals surface area (Å²) in [6.07, 6.45) is 2.73. The van der Waals surface area contributed by atoms with Gasteiger partial charge in [-0.15, -0.1) is 11.3 Å². The molecule has 0 saturated heterocycles. The molecule has 2 N–H and O–H groups in total. The number of hydrogen-bond acceptors (Lipinski definition) is 3. The van der Waals surface area contributed by atoms with Crippen molar-refractivity contribution in [2.24, 2.45) is 0 Å². The first-order valence-corrected chi connectivity index (χ1v) is 9.43. The monoisotopic (exact) mass is 367 g/mol. The van der Waals surface area contributed by atoms with E-state index in [0.29, 0.717) is 29.3 Å². The normalized spacial score (nSPS) is 10.5. The third-order valence-corrected chi connectivity index (χ3v) is 4.80. The lowest BCUT2D eigenvalue weighted by Crippen LogP contribution is -2.27. The number of rotatable bonds is 7. The molecule has 0 spiro atoms. The smallest absolute Gasteiger partial charge is 0.270 e. The van der Waals surface area contributed by atoms with E-state index >= 15 is 0 Å². The maximum absolute atomic E-state index is 12.8. The quantitative estimate of drug-likeness (QED) is 0.659. The van der Waals surface area contributed by atoms with Crippen LogP contribution in [0, 0.1) is 0 Å². The summed E-state index contributed by atoms with van der Waals surface area (Å²) in [7, 11) is 0. The van der Waals surface area contributed by atoms with Crippen LogP contribution in [0.15, 0.2) is 60.1 Å². The molecule has 26 heavy (non-hydrogen) atoms. The molecule has 6 heteroatoms. The van der Waals surface area contributed by atoms with Gasteiger partial charge in [0.05, 0.1) is 10.6 Å². The number of aromatic nitrogens is 1. The van der Waals surface area contributed by atoms with Gasteiger partial charge in [-0.25, -0.2) is 0 Å². The van der Waals surface area contributed by atoms with Crippen LogP contribution in [0.4, 0.5) is 5.69 Å². The number of anilines is 1. The van der Waals surface area contributed by atoms with Crippen molar-refractivity contribution in [1.82, 2.24) is 9.88 Å². The minimum absolute atomic E-state index is 0.200. The van der Waals surface area contributed by atoms with Gasteiger partial charge in [0.15, 0.2) is 0 Å². The molecule has 0 unspecified atom stereocenters. The largest absolute Gasteiger partial charge is 0.347 e. The van der Waals surface area contributed by atoms with Gasteiger partial charge in [-0.2, -0.15) is 0 Å². The van der Waals surface area contributed by atoms with E-state index in [0.717, 1.165) is 12.0 Å². The number of carbonyl (C=O) groups excluding carboxylic acids is 2. The molecule has 0 aliphatic carbocycles. The zero-order valence-electron chi connectivity index (χ0n) is 14.6. The molecule has 1 aromatic carbocycles. The van der Waals surface area contributed by atoms with Crippen molar-refractivity contribution in [3.05, 3.63) is 76.2 Å². The van der Waals surface area contributed by atoms with Crippen molar-refractivity contribution >= 4 is 28.8 Å². The zero-order chi connectivity index (χ0) is 18.4. The van der Waals surface area contributed by atoms with Crippen molar-refractivity contribution in [2.45, 2.75) is 26.4 Å². The number of amides is 2. The Morgan fingerprint density at radius 2 is 1.85 bits per heavy atom. The van der Waals surface area contributed by atoms with Crippen LogP contribution in [0.5, 0.6) is 0 Å². The highest BCUT2D eigenvalue weighted by Crippen LogP contribution is 2.20. The predicted molar refractivity (Wildman–Crippen MR) is 105 cm³/mol. The highest BCUT2D eigenvalue weighted by Gasteiger charge is 2.19. The molecule has 0 fully saturated rings. The van der Waals surface area contributed by atoms with E-state index in [1.54, 1.807) is 12.1 Å². The maximum atomic E-state index is 12.8. The van der Waals surface area contributed by atoms with Crippen LogP contribution in [0.2, 0.25) is 0 Å². The van der Waals surface area contributed by atoms with Crippen LogP contribution < -0.4 is 10.6 Å². The Morgan fingerprint density at radius 3 is 2.54 bits per heavy atom. The predicted octanol–water partition coefficient (Wildman–Crippen LogP) is 4.14. The second-order valence-corrected chi connectivity index (χ2v) is 6.82. The number of thiophene rings is 1. The minimum atomic E-state index is -0.202. The number of carbonyl (C=O) groups is 2. The molecule has 3 aromatic rings. The summed E-state index contributed by atoms with van der Waals surface area (Å²) in [4.78, 5) is 25.8. The van der Waals surface area contributed by atoms with Crippen molar-refractivity contribution in [1.29, 1.82) is 0 Å². The molecule has 2 amide bonds. The van der Waals surface area contributed by atoms with E-state index in [9.17, 15) is 9.59 Å². The van der Waals surface area contributed by atoms with Gasteiger partial charge >= 0.3 is 0 Å². The second kappa shape index (κ2) is 8.49. The van der Waals surface area contributed by atoms with Gasteiger partial charge in [0.25, 0.3) is 11.8 Å². The molecule has 0 atom stereocenters. The first kappa shape index (κ1) is 17.9. The Balaban J connectivity index is 1.78. The summed E-state index contributed by atoms with van der Waals surface area (Å²) in [6, 6.07) is 15.1. The number of hydrogen-bond donors (Lipinski definition) is 2. The second-order valence-electron chi connectivity index (χ2n) is 5.87. The number of benzene rings is 1. The first-order valence-electron chi connectivity index (χ1n) is 8.55. The molecule has 0 aliphatic heterocycles. The van der Waals surface area contributed by atoms with Gasteiger partial charge in [0, 0.05) is 19.3 Å². The van der Waals surface area contributed by atoms with E-state index in [4.69, 9.17) is 0 Å². The first-order chi connectivity index (χ1) is 12.7. The van der Waals surface area contributed by atoms with Crippen LogP contribution in [0.25, 0.3) is 0 Å². The Labute approximate surface area is 156 Å². The van der Waals surface area contributed by atoms with Crippen LogP contribution in [-0.2, 0) is 13.1 Å². The molecule has 5 nitrogen and oxygen atoms in total. The lowest BCUT2D eigenvalue weighted by molar-refractivity contribution is 0.0942. The molecule has 0 radical (unpaired) electrons. The van der Waals surface area contributed by atoms with Gasteiger partial charge in [-0.3, -0.25) is 9.59 Å². The highest BCUT2D eigenvalue weighted by atomic mass is 32.1. The number of aryl methyl sites for hydroxylation is 1. The average molecular weight is 367 g/mol. The van der Waals surface area contributed by atoms with Gasteiger partial charge in [-0.05, 0) is 29.5 Å². The van der Waals surface area contributed by atoms with Crippen molar-refractivity contribution < 1.29 is 9.59 Å². The molecule has 0 bridgehead atoms. The van der Waals surface area contributed by atoms with Crippen LogP contribution in [0.3, 0.4) is 0 Å². The van der Waals surface area contributed by atoms with Gasteiger partial charge in [0.1, 0.15) is 5.69 Å². The summed E-state index contributed by atoms with van der Waals surface area (Å²) in [5.41, 5.74) is 2.04. The van der Waals surface area contributed by atoms with E-state index in [1.807, 2.05) is 52.5 Å². The lowest BCUT2D eigenvalue weighted by atomic mass is 10.2. The fraction of sp³-hybridized carbons (Fsp3) is 0.200. The molecule has 2 aromatic heterocycles. The van der Waals surface area contributed by atoms with Crippen LogP contribution in [-0.4, -0.2) is 16.4 Å². The maximum Gasteiger partial charge on any atom is 0.270 e. The molecular weight excluding hydrogens is 346 g/mol. The van der Waals surface area contributed by atoms with E-state index in [1.165, 1.54) is 11.3 Å². The van der Waals surface area contributed by atoms with Crippen molar-refractivity contribution in [3.8, 4) is 0 Å². The van der Waals surface area contributed by atoms with E-state index < -0.39 is 0 Å². The Morgan fingerprint density at radius 1 is 1.04 bits per heavy atom. The standard InChI is InChI=1S/C20H21N3O2S/c1-2-11-23-12-10-16(22-19(24)17-9-6-13-26-17)18(23)20(25)21-14-15-7-4-3-5-8-15/h3-10,12-13H,2,11,14H2,1H3,(H,21,25)(H,22,24). The minimum Gasteiger partial charge on any atom is -0.347 e. The summed E-state index contributed by atoms with van der Waals surface area (Å²) < 4.78 is 1.88. The van der Waals surface area contributed by atoms with E-state index in [-0.39, 0.29) is 11.8 Å². The molecule has 134 valence electrons. The Kier molecular flexibility index (Phi) is 5.86. The average Bonchev–Trinajstić information content (AvgIpc) is 3.31. The number of nitrogens with one attached hydrogen (secondary N) is 2. The van der Waals surface area contributed by atoms with Gasteiger partial charge in [0.2, 0.25) is 0 Å². The van der Waals surface area contributed by atoms with Crippen LogP contribution in [0.1, 0.15) is 39.1 Å². The summed E-state index contributed by atoms with van der Waals surface area (Å²) in [5.74, 6) is -0.403. The molecule has 0 aliphatic rings. The van der Waals surface area contributed by atoms with Crippen molar-refractivity contribution in [2.75, 3.05) is 5.32 Å². The summed E-state index contributed by atoms with van der Waals surface area (Å²) in [6.45, 7) is 3.20. The van der Waals surface area contributed by atoms with Gasteiger partial charge < -0.3 is 15.2 Å². The van der Waals surface area contributed by atoms with Gasteiger partial charge in [-0.1, -0.05) is 43.3 Å². The topological polar surface area (TPSA) is 63.1 Å². The third-order valence-electron chi connectivity index (χ3n) is 3.93. The Hall–Kier alpha value is -2.86. The summed E-state index contributed by atoms with van der Waals surface area (Å²) in [5, 5.41) is 7.65. The lowest BCUT2D eigenvalue weighted by Gasteiger charge is -2.12. The molecule has 0 saturated carbocycles. The molecule has 2 heterocycles. The zero-order valence-corrected chi connectivity index (χ0v) is 15.4.